The number of hydrogen-bond donors (Lipinski definition) is 2. The third-order valence-corrected chi connectivity index (χ3v) is 4.95. The fourth-order valence-corrected chi connectivity index (χ4v) is 2.96. The maximum atomic E-state index is 12.0. The second kappa shape index (κ2) is 7.59. The van der Waals surface area contributed by atoms with Crippen LogP contribution in [0.2, 0.25) is 5.02 Å². The van der Waals surface area contributed by atoms with Crippen molar-refractivity contribution in [1.29, 1.82) is 0 Å². The molecule has 0 fully saturated rings. The van der Waals surface area contributed by atoms with E-state index in [-0.39, 0.29) is 10.8 Å². The normalized spacial score (nSPS) is 11.2. The van der Waals surface area contributed by atoms with Gasteiger partial charge in [-0.1, -0.05) is 23.7 Å². The third-order valence-electron chi connectivity index (χ3n) is 3.28. The van der Waals surface area contributed by atoms with E-state index in [0.29, 0.717) is 23.6 Å². The Kier molecular flexibility index (Phi) is 5.76. The molecule has 0 aliphatic carbocycles. The minimum Gasteiger partial charge on any atom is -0.352 e. The Morgan fingerprint density at radius 3 is 2.43 bits per heavy atom. The lowest BCUT2D eigenvalue weighted by molar-refractivity contribution is 0.0954. The van der Waals surface area contributed by atoms with Crippen molar-refractivity contribution in [2.24, 2.45) is 0 Å². The van der Waals surface area contributed by atoms with Crippen molar-refractivity contribution in [3.63, 3.8) is 0 Å². The van der Waals surface area contributed by atoms with Crippen LogP contribution in [0.1, 0.15) is 15.9 Å². The van der Waals surface area contributed by atoms with E-state index in [9.17, 15) is 13.2 Å². The first-order valence-electron chi connectivity index (χ1n) is 6.98. The average molecular weight is 353 g/mol. The largest absolute Gasteiger partial charge is 0.352 e. The van der Waals surface area contributed by atoms with E-state index in [2.05, 4.69) is 10.0 Å². The molecule has 2 N–H and O–H groups in total. The van der Waals surface area contributed by atoms with Gasteiger partial charge in [-0.15, -0.1) is 0 Å². The average Bonchev–Trinajstić information content (AvgIpc) is 2.55. The maximum Gasteiger partial charge on any atom is 0.251 e. The van der Waals surface area contributed by atoms with Crippen LogP contribution in [0.5, 0.6) is 0 Å². The Bertz CT molecular complexity index is 789. The zero-order valence-corrected chi connectivity index (χ0v) is 14.1. The summed E-state index contributed by atoms with van der Waals surface area (Å²) in [5.41, 5.74) is 1.44. The minimum absolute atomic E-state index is 0.121. The van der Waals surface area contributed by atoms with Gasteiger partial charge in [0.2, 0.25) is 10.0 Å². The number of nitrogens with one attached hydrogen (secondary N) is 2. The molecular formula is C16H17ClN2O3S. The molecule has 0 saturated heterocycles. The van der Waals surface area contributed by atoms with Crippen LogP contribution in [-0.4, -0.2) is 27.9 Å². The lowest BCUT2D eigenvalue weighted by atomic mass is 10.1. The highest BCUT2D eigenvalue weighted by Gasteiger charge is 2.12. The Labute approximate surface area is 140 Å². The number of rotatable bonds is 6. The van der Waals surface area contributed by atoms with Gasteiger partial charge in [0.1, 0.15) is 0 Å². The molecule has 0 aliphatic heterocycles. The predicted molar refractivity (Wildman–Crippen MR) is 90.2 cm³/mol. The topological polar surface area (TPSA) is 75.3 Å². The van der Waals surface area contributed by atoms with Gasteiger partial charge in [-0.3, -0.25) is 4.79 Å². The number of amides is 1. The SMILES string of the molecule is CNS(=O)(=O)c1ccc(C(=O)NCCc2cccc(Cl)c2)cc1. The second-order valence-electron chi connectivity index (χ2n) is 4.87. The fourth-order valence-electron chi connectivity index (χ4n) is 2.02. The van der Waals surface area contributed by atoms with Crippen LogP contribution in [0.25, 0.3) is 0 Å². The first kappa shape index (κ1) is 17.5. The van der Waals surface area contributed by atoms with Gasteiger partial charge in [0.05, 0.1) is 4.90 Å². The van der Waals surface area contributed by atoms with Crippen LogP contribution in [0.4, 0.5) is 0 Å². The van der Waals surface area contributed by atoms with Crippen molar-refractivity contribution in [2.75, 3.05) is 13.6 Å². The van der Waals surface area contributed by atoms with Gasteiger partial charge < -0.3 is 5.32 Å². The molecule has 7 heteroatoms. The van der Waals surface area contributed by atoms with E-state index in [1.165, 1.54) is 31.3 Å². The Balaban J connectivity index is 1.93. The van der Waals surface area contributed by atoms with Crippen LogP contribution in [0.3, 0.4) is 0 Å². The van der Waals surface area contributed by atoms with Crippen molar-refractivity contribution in [3.8, 4) is 0 Å². The predicted octanol–water partition coefficient (Wildman–Crippen LogP) is 2.22. The first-order chi connectivity index (χ1) is 10.9. The van der Waals surface area contributed by atoms with Crippen molar-refractivity contribution < 1.29 is 13.2 Å². The van der Waals surface area contributed by atoms with Crippen molar-refractivity contribution in [2.45, 2.75) is 11.3 Å². The summed E-state index contributed by atoms with van der Waals surface area (Å²) in [5, 5.41) is 3.45. The molecule has 2 aromatic rings. The summed E-state index contributed by atoms with van der Waals surface area (Å²) >= 11 is 5.90. The Hall–Kier alpha value is -1.89. The molecule has 0 unspecified atom stereocenters. The van der Waals surface area contributed by atoms with Crippen LogP contribution in [0, 0.1) is 0 Å². The molecule has 0 aromatic heterocycles. The number of halogens is 1. The number of benzene rings is 2. The van der Waals surface area contributed by atoms with Gasteiger partial charge in [0, 0.05) is 17.1 Å². The number of hydrogen-bond acceptors (Lipinski definition) is 3. The monoisotopic (exact) mass is 352 g/mol. The molecule has 0 saturated carbocycles. The zero-order chi connectivity index (χ0) is 16.9. The van der Waals surface area contributed by atoms with Crippen molar-refractivity contribution >= 4 is 27.5 Å². The van der Waals surface area contributed by atoms with E-state index in [1.54, 1.807) is 6.07 Å². The fraction of sp³-hybridized carbons (Fsp3) is 0.188. The number of carbonyl (C=O) groups excluding carboxylic acids is 1. The van der Waals surface area contributed by atoms with Gasteiger partial charge in [-0.05, 0) is 55.4 Å². The summed E-state index contributed by atoms with van der Waals surface area (Å²) in [7, 11) is -2.15. The van der Waals surface area contributed by atoms with E-state index in [0.717, 1.165) is 5.56 Å². The third kappa shape index (κ3) is 4.79. The van der Waals surface area contributed by atoms with Crippen molar-refractivity contribution in [3.05, 3.63) is 64.7 Å². The summed E-state index contributed by atoms with van der Waals surface area (Å²) in [4.78, 5) is 12.2. The molecule has 0 spiro atoms. The highest BCUT2D eigenvalue weighted by Crippen LogP contribution is 2.12. The highest BCUT2D eigenvalue weighted by atomic mass is 35.5. The van der Waals surface area contributed by atoms with Gasteiger partial charge in [-0.25, -0.2) is 13.1 Å². The van der Waals surface area contributed by atoms with E-state index < -0.39 is 10.0 Å². The second-order valence-corrected chi connectivity index (χ2v) is 7.19. The maximum absolute atomic E-state index is 12.0. The Morgan fingerprint density at radius 1 is 1.13 bits per heavy atom. The smallest absolute Gasteiger partial charge is 0.251 e. The van der Waals surface area contributed by atoms with E-state index in [1.807, 2.05) is 18.2 Å². The quantitative estimate of drug-likeness (QED) is 0.837. The molecule has 0 aliphatic rings. The van der Waals surface area contributed by atoms with Gasteiger partial charge in [-0.2, -0.15) is 0 Å². The van der Waals surface area contributed by atoms with Crippen LogP contribution in [-0.2, 0) is 16.4 Å². The molecule has 0 radical (unpaired) electrons. The van der Waals surface area contributed by atoms with E-state index in [4.69, 9.17) is 11.6 Å². The summed E-state index contributed by atoms with van der Waals surface area (Å²) < 4.78 is 25.5. The molecule has 23 heavy (non-hydrogen) atoms. The summed E-state index contributed by atoms with van der Waals surface area (Å²) in [5.74, 6) is -0.250. The molecular weight excluding hydrogens is 336 g/mol. The highest BCUT2D eigenvalue weighted by molar-refractivity contribution is 7.89. The van der Waals surface area contributed by atoms with Crippen molar-refractivity contribution in [1.82, 2.24) is 10.0 Å². The number of carbonyl (C=O) groups is 1. The lowest BCUT2D eigenvalue weighted by Crippen LogP contribution is -2.26. The summed E-state index contributed by atoms with van der Waals surface area (Å²) in [6.07, 6.45) is 0.665. The van der Waals surface area contributed by atoms with Crippen LogP contribution < -0.4 is 10.0 Å². The molecule has 0 atom stereocenters. The van der Waals surface area contributed by atoms with Gasteiger partial charge >= 0.3 is 0 Å². The zero-order valence-electron chi connectivity index (χ0n) is 12.5. The summed E-state index contributed by atoms with van der Waals surface area (Å²) in [6, 6.07) is 13.2. The molecule has 2 aromatic carbocycles. The van der Waals surface area contributed by atoms with E-state index >= 15 is 0 Å². The molecule has 122 valence electrons. The molecule has 1 amide bonds. The van der Waals surface area contributed by atoms with Crippen LogP contribution in [0.15, 0.2) is 53.4 Å². The molecule has 2 rings (SSSR count). The molecule has 0 bridgehead atoms. The molecule has 5 nitrogen and oxygen atoms in total. The van der Waals surface area contributed by atoms with Gasteiger partial charge in [0.15, 0.2) is 0 Å². The van der Waals surface area contributed by atoms with Crippen LogP contribution >= 0.6 is 11.6 Å². The van der Waals surface area contributed by atoms with Gasteiger partial charge in [0.25, 0.3) is 5.91 Å². The minimum atomic E-state index is -3.49. The first-order valence-corrected chi connectivity index (χ1v) is 8.85. The lowest BCUT2D eigenvalue weighted by Gasteiger charge is -2.07. The Morgan fingerprint density at radius 2 is 1.83 bits per heavy atom. The number of sulfonamides is 1. The molecule has 0 heterocycles. The standard InChI is InChI=1S/C16H17ClN2O3S/c1-18-23(21,22)15-7-5-13(6-8-15)16(20)19-10-9-12-3-2-4-14(17)11-12/h2-8,11,18H,9-10H2,1H3,(H,19,20). The summed E-state index contributed by atoms with van der Waals surface area (Å²) in [6.45, 7) is 0.468.